The number of nitrogens with one attached hydrogen (secondary N) is 1. The third-order valence-electron chi connectivity index (χ3n) is 0.487. The summed E-state index contributed by atoms with van der Waals surface area (Å²) in [4.78, 5) is 7.51. The van der Waals surface area contributed by atoms with Crippen molar-refractivity contribution in [2.24, 2.45) is 26.1 Å². The fourth-order valence-corrected chi connectivity index (χ4v) is 0.210. The maximum absolute atomic E-state index is 7.65. The second-order valence-electron chi connectivity index (χ2n) is 1.13. The normalized spacial score (nSPS) is 11.3. The van der Waals surface area contributed by atoms with Gasteiger partial charge in [0.05, 0.1) is 5.34 Å². The molecule has 0 fully saturated rings. The molecule has 0 rings (SSSR count). The third kappa shape index (κ3) is 8.61. The molecule has 0 aliphatic carbocycles. The van der Waals surface area contributed by atoms with Crippen molar-refractivity contribution in [2.75, 3.05) is 0 Å². The van der Waals surface area contributed by atoms with Crippen LogP contribution in [0.1, 0.15) is 0 Å². The Labute approximate surface area is 78.9 Å². The summed E-state index contributed by atoms with van der Waals surface area (Å²) in [5.41, 5.74) is 6.14. The van der Waals surface area contributed by atoms with Crippen LogP contribution in [0.15, 0.2) is 26.1 Å². The summed E-state index contributed by atoms with van der Waals surface area (Å²) in [6, 6.07) is 0. The molecule has 0 heterocycles. The summed E-state index contributed by atoms with van der Waals surface area (Å²) in [6.07, 6.45) is 0. The van der Waals surface area contributed by atoms with Crippen LogP contribution in [-0.4, -0.2) is 15.8 Å². The molecule has 0 aliphatic heterocycles. The molecule has 0 spiro atoms. The van der Waals surface area contributed by atoms with Crippen LogP contribution in [0, 0.1) is 5.53 Å². The zero-order valence-corrected chi connectivity index (χ0v) is 6.53. The molecule has 0 unspecified atom stereocenters. The quantitative estimate of drug-likeness (QED) is 0.287. The van der Waals surface area contributed by atoms with Gasteiger partial charge in [0.1, 0.15) is 0 Å². The third-order valence-corrected chi connectivity index (χ3v) is 0.487. The molecule has 0 aromatic rings. The summed E-state index contributed by atoms with van der Waals surface area (Å²) in [6.45, 7) is 0. The van der Waals surface area contributed by atoms with Crippen LogP contribution < -0.4 is 0 Å². The summed E-state index contributed by atoms with van der Waals surface area (Å²) in [5.74, 6) is 0. The van der Waals surface area contributed by atoms with Gasteiger partial charge in [-0.3, -0.25) is 0 Å². The Morgan fingerprint density at radius 3 is 2.00 bits per heavy atom. The van der Waals surface area contributed by atoms with Crippen LogP contribution in [0.3, 0.4) is 0 Å². The highest BCUT2D eigenvalue weighted by atomic mass is 17.7. The first kappa shape index (κ1) is 13.3. The van der Waals surface area contributed by atoms with Crippen LogP contribution in [0.4, 0.5) is 0 Å². The van der Waals surface area contributed by atoms with Crippen LogP contribution >= 0.6 is 0 Å². The maximum Gasteiger partial charge on any atom is 0.0559 e. The predicted molar refractivity (Wildman–Crippen MR) is 28.5 cm³/mol. The molecule has 0 amide bonds. The highest BCUT2D eigenvalue weighted by Gasteiger charge is 2.07. The van der Waals surface area contributed by atoms with Crippen molar-refractivity contribution in [3.8, 4) is 0 Å². The number of rotatable bonds is 9. The molecule has 0 saturated heterocycles. The van der Waals surface area contributed by atoms with Crippen LogP contribution in [-0.2, 0) is 30.1 Å². The predicted octanol–water partition coefficient (Wildman–Crippen LogP) is 0.504. The SMILES string of the molecule is N=N/N=N/N=N/N(OOOO)OOOO. The van der Waals surface area contributed by atoms with E-state index in [4.69, 9.17) is 16.0 Å². The number of hydrogen-bond acceptors (Lipinski definition) is 10. The first-order valence-corrected chi connectivity index (χ1v) is 2.62. The van der Waals surface area contributed by atoms with Gasteiger partial charge < -0.3 is 0 Å². The average Bonchev–Trinajstić information content (AvgIpc) is 2.27. The Balaban J connectivity index is 3.91. The van der Waals surface area contributed by atoms with Gasteiger partial charge in [0.25, 0.3) is 0 Å². The molecule has 0 radical (unpaired) electrons. The maximum atomic E-state index is 7.65. The Kier molecular flexibility index (Phi) is 9.17. The number of nitrogens with zero attached hydrogens (tertiary/aromatic N) is 6. The summed E-state index contributed by atoms with van der Waals surface area (Å²) in [7, 11) is 0. The van der Waals surface area contributed by atoms with Gasteiger partial charge in [0.15, 0.2) is 0 Å². The lowest BCUT2D eigenvalue weighted by molar-refractivity contribution is -0.764. The molecular formula is H3N7O8. The summed E-state index contributed by atoms with van der Waals surface area (Å²) in [5, 5.41) is 41.3. The zero-order valence-electron chi connectivity index (χ0n) is 6.53. The summed E-state index contributed by atoms with van der Waals surface area (Å²) >= 11 is 0. The van der Waals surface area contributed by atoms with Crippen molar-refractivity contribution in [3.05, 3.63) is 0 Å². The second kappa shape index (κ2) is 10.4. The second-order valence-corrected chi connectivity index (χ2v) is 1.13. The lowest BCUT2D eigenvalue weighted by atomic mass is 12.4. The van der Waals surface area contributed by atoms with Gasteiger partial charge in [-0.25, -0.2) is 10.5 Å². The smallest absolute Gasteiger partial charge is 0.0559 e. The molecule has 0 bridgehead atoms. The fraction of sp³-hybridized carbons (Fsp3) is 0. The van der Waals surface area contributed by atoms with Gasteiger partial charge in [-0.1, -0.05) is 0 Å². The van der Waals surface area contributed by atoms with E-state index in [1.54, 1.807) is 0 Å². The average molecular weight is 229 g/mol. The molecule has 0 aromatic carbocycles. The van der Waals surface area contributed by atoms with E-state index >= 15 is 0 Å². The van der Waals surface area contributed by atoms with Crippen LogP contribution in [0.2, 0.25) is 0 Å². The van der Waals surface area contributed by atoms with Crippen LogP contribution in [0.25, 0.3) is 0 Å². The van der Waals surface area contributed by atoms with E-state index in [1.165, 1.54) is 0 Å². The molecule has 15 heavy (non-hydrogen) atoms. The van der Waals surface area contributed by atoms with Gasteiger partial charge >= 0.3 is 0 Å². The highest BCUT2D eigenvalue weighted by molar-refractivity contribution is 4.02. The van der Waals surface area contributed by atoms with Crippen molar-refractivity contribution in [1.29, 1.82) is 5.53 Å². The van der Waals surface area contributed by atoms with Crippen molar-refractivity contribution >= 4 is 0 Å². The lowest BCUT2D eigenvalue weighted by Crippen LogP contribution is -2.18. The van der Waals surface area contributed by atoms with Crippen molar-refractivity contribution in [3.63, 3.8) is 0 Å². The van der Waals surface area contributed by atoms with Gasteiger partial charge in [-0.15, -0.1) is 0 Å². The van der Waals surface area contributed by atoms with Gasteiger partial charge in [0.2, 0.25) is 0 Å². The van der Waals surface area contributed by atoms with E-state index < -0.39 is 0 Å². The Morgan fingerprint density at radius 2 is 1.53 bits per heavy atom. The highest BCUT2D eigenvalue weighted by Crippen LogP contribution is 1.97. The first-order chi connectivity index (χ1) is 7.35. The van der Waals surface area contributed by atoms with Gasteiger partial charge in [-0.2, -0.15) is 5.53 Å². The Morgan fingerprint density at radius 1 is 0.933 bits per heavy atom. The molecule has 3 N–H and O–H groups in total. The first-order valence-electron chi connectivity index (χ1n) is 2.62. The van der Waals surface area contributed by atoms with Gasteiger partial charge in [0, 0.05) is 10.4 Å². The summed E-state index contributed by atoms with van der Waals surface area (Å²) < 4.78 is 0. The van der Waals surface area contributed by atoms with Gasteiger partial charge in [-0.05, 0) is 45.8 Å². The minimum atomic E-state index is -0.143. The molecular weight excluding hydrogens is 226 g/mol. The van der Waals surface area contributed by atoms with E-state index in [9.17, 15) is 0 Å². The van der Waals surface area contributed by atoms with E-state index in [1.807, 2.05) is 0 Å². The van der Waals surface area contributed by atoms with E-state index in [0.717, 1.165) is 0 Å². The zero-order chi connectivity index (χ0) is 11.4. The minimum absolute atomic E-state index is 0.143. The van der Waals surface area contributed by atoms with Crippen molar-refractivity contribution in [2.45, 2.75) is 0 Å². The topological polar surface area (TPSA) is 185 Å². The largest absolute Gasteiger partial charge is 0.219 e. The fourth-order valence-electron chi connectivity index (χ4n) is 0.210. The molecule has 15 nitrogen and oxygen atoms in total. The Hall–Kier alpha value is -1.72. The van der Waals surface area contributed by atoms with Crippen LogP contribution in [0.5, 0.6) is 0 Å². The van der Waals surface area contributed by atoms with E-state index in [-0.39, 0.29) is 5.34 Å². The monoisotopic (exact) mass is 229 g/mol. The standard InChI is InChI=1S/H3N7O8/c1-2-3-4-5-6-7(10-14-12-8)11-15-13-9/h1,8-9H/b2-1?,4-3+,6-5+. The molecule has 15 heteroatoms. The number of hydrogen-bond donors (Lipinski definition) is 3. The molecule has 0 atom stereocenters. The van der Waals surface area contributed by atoms with Crippen molar-refractivity contribution < 1.29 is 40.6 Å². The lowest BCUT2D eigenvalue weighted by Gasteiger charge is -2.06. The van der Waals surface area contributed by atoms with E-state index in [0.29, 0.717) is 0 Å². The minimum Gasteiger partial charge on any atom is -0.219 e. The molecule has 0 aliphatic rings. The van der Waals surface area contributed by atoms with E-state index in [2.05, 4.69) is 56.2 Å². The molecule has 0 aromatic heterocycles. The Bertz CT molecular complexity index is 193. The molecule has 0 saturated carbocycles. The molecule has 86 valence electrons. The van der Waals surface area contributed by atoms with Crippen molar-refractivity contribution in [1.82, 2.24) is 5.34 Å².